The van der Waals surface area contributed by atoms with Crippen LogP contribution >= 0.6 is 15.9 Å². The Kier molecular flexibility index (Phi) is 4.08. The van der Waals surface area contributed by atoms with Crippen molar-refractivity contribution in [3.8, 4) is 0 Å². The number of rotatable bonds is 2. The molecule has 7 heteroatoms. The normalized spacial score (nSPS) is 10.4. The van der Waals surface area contributed by atoms with Gasteiger partial charge in [-0.3, -0.25) is 4.79 Å². The van der Waals surface area contributed by atoms with E-state index in [1.807, 2.05) is 5.32 Å². The van der Waals surface area contributed by atoms with Crippen molar-refractivity contribution in [3.63, 3.8) is 0 Å². The van der Waals surface area contributed by atoms with E-state index in [1.165, 1.54) is 12.1 Å². The lowest BCUT2D eigenvalue weighted by Crippen LogP contribution is -2.15. The van der Waals surface area contributed by atoms with Crippen LogP contribution in [0, 0.1) is 23.3 Å². The SMILES string of the molecule is O=C(Nc1ccc(F)c(F)c1F)c1ccc(Br)cc1F. The molecular formula is C13H6BrF4NO. The van der Waals surface area contributed by atoms with Crippen LogP contribution in [0.3, 0.4) is 0 Å². The molecule has 0 bridgehead atoms. The Hall–Kier alpha value is -1.89. The molecule has 0 fully saturated rings. The van der Waals surface area contributed by atoms with Crippen LogP contribution in [0.1, 0.15) is 10.4 Å². The summed E-state index contributed by atoms with van der Waals surface area (Å²) in [6.07, 6.45) is 0. The van der Waals surface area contributed by atoms with E-state index < -0.39 is 34.9 Å². The minimum atomic E-state index is -1.71. The van der Waals surface area contributed by atoms with E-state index in [-0.39, 0.29) is 5.56 Å². The molecule has 0 aliphatic carbocycles. The van der Waals surface area contributed by atoms with Gasteiger partial charge in [-0.2, -0.15) is 0 Å². The molecule has 2 aromatic rings. The molecule has 0 saturated carbocycles. The van der Waals surface area contributed by atoms with Gasteiger partial charge in [-0.05, 0) is 30.3 Å². The van der Waals surface area contributed by atoms with Crippen molar-refractivity contribution in [2.45, 2.75) is 0 Å². The van der Waals surface area contributed by atoms with Gasteiger partial charge in [-0.25, -0.2) is 17.6 Å². The third-order valence-electron chi connectivity index (χ3n) is 2.46. The number of hydrogen-bond donors (Lipinski definition) is 1. The van der Waals surface area contributed by atoms with Crippen LogP contribution < -0.4 is 5.32 Å². The summed E-state index contributed by atoms with van der Waals surface area (Å²) in [5.74, 6) is -6.44. The van der Waals surface area contributed by atoms with Crippen LogP contribution in [0.2, 0.25) is 0 Å². The molecule has 1 N–H and O–H groups in total. The Balaban J connectivity index is 2.30. The summed E-state index contributed by atoms with van der Waals surface area (Å²) >= 11 is 3.02. The molecule has 0 aliphatic heterocycles. The van der Waals surface area contributed by atoms with Gasteiger partial charge < -0.3 is 5.32 Å². The molecule has 0 atom stereocenters. The van der Waals surface area contributed by atoms with E-state index in [1.54, 1.807) is 0 Å². The van der Waals surface area contributed by atoms with E-state index >= 15 is 0 Å². The number of halogens is 5. The van der Waals surface area contributed by atoms with E-state index in [9.17, 15) is 22.4 Å². The number of hydrogen-bond acceptors (Lipinski definition) is 1. The molecule has 2 nitrogen and oxygen atoms in total. The minimum absolute atomic E-state index is 0.350. The highest BCUT2D eigenvalue weighted by atomic mass is 79.9. The van der Waals surface area contributed by atoms with Gasteiger partial charge in [0.05, 0.1) is 11.3 Å². The average Bonchev–Trinajstić information content (AvgIpc) is 2.39. The van der Waals surface area contributed by atoms with Gasteiger partial charge in [0, 0.05) is 4.47 Å². The molecular weight excluding hydrogens is 342 g/mol. The quantitative estimate of drug-likeness (QED) is 0.638. The van der Waals surface area contributed by atoms with Gasteiger partial charge in [0.15, 0.2) is 17.5 Å². The third-order valence-corrected chi connectivity index (χ3v) is 2.95. The van der Waals surface area contributed by atoms with Crippen LogP contribution in [0.15, 0.2) is 34.8 Å². The zero-order valence-corrected chi connectivity index (χ0v) is 11.3. The van der Waals surface area contributed by atoms with Crippen molar-refractivity contribution in [2.24, 2.45) is 0 Å². The molecule has 0 unspecified atom stereocenters. The Bertz CT molecular complexity index is 690. The summed E-state index contributed by atoms with van der Waals surface area (Å²) in [5.41, 5.74) is -0.923. The number of carbonyl (C=O) groups is 1. The predicted molar refractivity (Wildman–Crippen MR) is 68.4 cm³/mol. The lowest BCUT2D eigenvalue weighted by atomic mass is 10.2. The summed E-state index contributed by atoms with van der Waals surface area (Å²) in [4.78, 5) is 11.7. The summed E-state index contributed by atoms with van der Waals surface area (Å²) in [7, 11) is 0. The zero-order valence-electron chi connectivity index (χ0n) is 9.68. The Morgan fingerprint density at radius 2 is 1.65 bits per heavy atom. The number of benzene rings is 2. The molecule has 1 amide bonds. The average molecular weight is 348 g/mol. The fourth-order valence-corrected chi connectivity index (χ4v) is 1.82. The van der Waals surface area contributed by atoms with E-state index in [0.717, 1.165) is 12.1 Å². The second kappa shape index (κ2) is 5.62. The van der Waals surface area contributed by atoms with Gasteiger partial charge in [0.25, 0.3) is 5.91 Å². The molecule has 2 aromatic carbocycles. The molecule has 0 heterocycles. The van der Waals surface area contributed by atoms with E-state index in [0.29, 0.717) is 10.5 Å². The standard InChI is InChI=1S/C13H6BrF4NO/c14-6-1-2-7(9(16)5-6)13(20)19-10-4-3-8(15)11(17)12(10)18/h1-5H,(H,19,20). The van der Waals surface area contributed by atoms with Gasteiger partial charge >= 0.3 is 0 Å². The molecule has 0 aromatic heterocycles. The molecule has 0 aliphatic rings. The first-order valence-electron chi connectivity index (χ1n) is 5.30. The Morgan fingerprint density at radius 3 is 2.30 bits per heavy atom. The highest BCUT2D eigenvalue weighted by molar-refractivity contribution is 9.10. The first-order chi connectivity index (χ1) is 9.40. The summed E-state index contributed by atoms with van der Waals surface area (Å²) in [5, 5.41) is 1.98. The van der Waals surface area contributed by atoms with E-state index in [2.05, 4.69) is 15.9 Å². The number of anilines is 1. The maximum atomic E-state index is 13.5. The summed E-state index contributed by atoms with van der Waals surface area (Å²) in [6, 6.07) is 5.15. The second-order valence-electron chi connectivity index (χ2n) is 3.80. The van der Waals surface area contributed by atoms with Crippen molar-refractivity contribution >= 4 is 27.5 Å². The van der Waals surface area contributed by atoms with Crippen molar-refractivity contribution in [2.75, 3.05) is 5.32 Å². The Morgan fingerprint density at radius 1 is 0.950 bits per heavy atom. The maximum absolute atomic E-state index is 13.5. The first kappa shape index (κ1) is 14.5. The smallest absolute Gasteiger partial charge is 0.258 e. The van der Waals surface area contributed by atoms with Gasteiger partial charge in [0.1, 0.15) is 5.82 Å². The van der Waals surface area contributed by atoms with E-state index in [4.69, 9.17) is 0 Å². The van der Waals surface area contributed by atoms with Crippen LogP contribution in [0.5, 0.6) is 0 Å². The van der Waals surface area contributed by atoms with Gasteiger partial charge in [-0.15, -0.1) is 0 Å². The second-order valence-corrected chi connectivity index (χ2v) is 4.72. The monoisotopic (exact) mass is 347 g/mol. The predicted octanol–water partition coefficient (Wildman–Crippen LogP) is 4.26. The highest BCUT2D eigenvalue weighted by Gasteiger charge is 2.17. The van der Waals surface area contributed by atoms with Crippen molar-refractivity contribution in [1.29, 1.82) is 0 Å². The molecule has 0 spiro atoms. The number of carbonyl (C=O) groups excluding carboxylic acids is 1. The van der Waals surface area contributed by atoms with Gasteiger partial charge in [0.2, 0.25) is 0 Å². The molecule has 0 radical (unpaired) electrons. The fraction of sp³-hybridized carbons (Fsp3) is 0. The third kappa shape index (κ3) is 2.82. The number of nitrogens with one attached hydrogen (secondary N) is 1. The number of amides is 1. The molecule has 104 valence electrons. The van der Waals surface area contributed by atoms with Crippen molar-refractivity contribution in [3.05, 3.63) is 63.6 Å². The van der Waals surface area contributed by atoms with Gasteiger partial charge in [-0.1, -0.05) is 15.9 Å². The van der Waals surface area contributed by atoms with Crippen LogP contribution in [-0.4, -0.2) is 5.91 Å². The molecule has 0 saturated heterocycles. The zero-order chi connectivity index (χ0) is 14.9. The molecule has 20 heavy (non-hydrogen) atoms. The lowest BCUT2D eigenvalue weighted by Gasteiger charge is -2.08. The summed E-state index contributed by atoms with van der Waals surface area (Å²) < 4.78 is 53.1. The van der Waals surface area contributed by atoms with Crippen molar-refractivity contribution < 1.29 is 22.4 Å². The van der Waals surface area contributed by atoms with Crippen LogP contribution in [-0.2, 0) is 0 Å². The fourth-order valence-electron chi connectivity index (χ4n) is 1.49. The first-order valence-corrected chi connectivity index (χ1v) is 6.09. The van der Waals surface area contributed by atoms with Crippen LogP contribution in [0.25, 0.3) is 0 Å². The topological polar surface area (TPSA) is 29.1 Å². The lowest BCUT2D eigenvalue weighted by molar-refractivity contribution is 0.102. The Labute approximate surface area is 119 Å². The molecule has 2 rings (SSSR count). The van der Waals surface area contributed by atoms with Crippen LogP contribution in [0.4, 0.5) is 23.2 Å². The maximum Gasteiger partial charge on any atom is 0.258 e. The summed E-state index contributed by atoms with van der Waals surface area (Å²) in [6.45, 7) is 0. The van der Waals surface area contributed by atoms with Crippen molar-refractivity contribution in [1.82, 2.24) is 0 Å². The largest absolute Gasteiger partial charge is 0.319 e. The minimum Gasteiger partial charge on any atom is -0.319 e. The highest BCUT2D eigenvalue weighted by Crippen LogP contribution is 2.21.